The molecule has 1 unspecified atom stereocenters. The highest BCUT2D eigenvalue weighted by molar-refractivity contribution is 5.05. The van der Waals surface area contributed by atoms with Gasteiger partial charge in [0.05, 0.1) is 0 Å². The molecule has 0 heterocycles. The van der Waals surface area contributed by atoms with Crippen LogP contribution in [0.5, 0.6) is 0 Å². The first-order valence-electron chi connectivity index (χ1n) is 4.95. The quantitative estimate of drug-likeness (QED) is 0.537. The van der Waals surface area contributed by atoms with E-state index in [0.717, 1.165) is 0 Å². The fourth-order valence-electron chi connectivity index (χ4n) is 0.939. The van der Waals surface area contributed by atoms with Gasteiger partial charge < -0.3 is 0 Å². The zero-order valence-electron chi connectivity index (χ0n) is 8.85. The van der Waals surface area contributed by atoms with Crippen LogP contribution >= 0.6 is 0 Å². The second-order valence-corrected chi connectivity index (χ2v) is 3.46. The lowest BCUT2D eigenvalue weighted by molar-refractivity contribution is 0.696. The lowest BCUT2D eigenvalue weighted by atomic mass is 10.1. The van der Waals surface area contributed by atoms with Crippen molar-refractivity contribution in [2.75, 3.05) is 0 Å². The van der Waals surface area contributed by atoms with E-state index >= 15 is 0 Å². The van der Waals surface area contributed by atoms with Gasteiger partial charge in [-0.25, -0.2) is 0 Å². The summed E-state index contributed by atoms with van der Waals surface area (Å²) in [6.45, 7) is 8.79. The first-order chi connectivity index (χ1) is 5.70. The smallest absolute Gasteiger partial charge is 0.0225 e. The Bertz CT molecular complexity index is 151. The molecule has 0 saturated heterocycles. The summed E-state index contributed by atoms with van der Waals surface area (Å²) in [4.78, 5) is 0. The molecule has 0 aromatic carbocycles. The van der Waals surface area contributed by atoms with Crippen molar-refractivity contribution in [1.82, 2.24) is 0 Å². The highest BCUT2D eigenvalue weighted by Crippen LogP contribution is 2.05. The van der Waals surface area contributed by atoms with Crippen molar-refractivity contribution < 1.29 is 0 Å². The van der Waals surface area contributed by atoms with Crippen LogP contribution in [0.1, 0.15) is 47.0 Å². The Morgan fingerprint density at radius 3 is 2.58 bits per heavy atom. The van der Waals surface area contributed by atoms with Crippen LogP contribution in [0.15, 0.2) is 17.7 Å². The summed E-state index contributed by atoms with van der Waals surface area (Å²) in [5, 5.41) is 0. The van der Waals surface area contributed by atoms with Crippen LogP contribution in [0.25, 0.3) is 0 Å². The summed E-state index contributed by atoms with van der Waals surface area (Å²) in [7, 11) is 0. The Labute approximate surface area is 77.4 Å². The molecule has 0 saturated carbocycles. The summed E-state index contributed by atoms with van der Waals surface area (Å²) in [6, 6.07) is 0. The van der Waals surface area contributed by atoms with Crippen molar-refractivity contribution >= 4 is 0 Å². The van der Waals surface area contributed by atoms with Gasteiger partial charge in [0, 0.05) is 0 Å². The largest absolute Gasteiger partial charge is 0.0738 e. The monoisotopic (exact) mass is 165 g/mol. The van der Waals surface area contributed by atoms with Crippen molar-refractivity contribution in [2.45, 2.75) is 47.0 Å². The average molecular weight is 165 g/mol. The molecule has 0 nitrogen and oxygen atoms in total. The number of hydrogen-bond acceptors (Lipinski definition) is 0. The molecular weight excluding hydrogens is 144 g/mol. The van der Waals surface area contributed by atoms with Crippen molar-refractivity contribution in [3.8, 4) is 0 Å². The lowest BCUT2D eigenvalue weighted by Gasteiger charge is -1.97. The second-order valence-electron chi connectivity index (χ2n) is 3.46. The van der Waals surface area contributed by atoms with Gasteiger partial charge in [0.25, 0.3) is 0 Å². The SMILES string of the molecule is CCC/C(C)=C\[C]=C\C(C)CC. The molecule has 69 valence electrons. The summed E-state index contributed by atoms with van der Waals surface area (Å²) in [6.07, 6.45) is 11.1. The molecule has 0 fully saturated rings. The lowest BCUT2D eigenvalue weighted by Crippen LogP contribution is -1.83. The van der Waals surface area contributed by atoms with E-state index in [4.69, 9.17) is 0 Å². The maximum atomic E-state index is 3.23. The molecule has 0 N–H and O–H groups in total. The Kier molecular flexibility index (Phi) is 6.84. The molecule has 0 aliphatic heterocycles. The van der Waals surface area contributed by atoms with Gasteiger partial charge in [0.2, 0.25) is 0 Å². The molecular formula is C12H21. The van der Waals surface area contributed by atoms with Crippen molar-refractivity contribution in [3.05, 3.63) is 23.8 Å². The second kappa shape index (κ2) is 7.15. The van der Waals surface area contributed by atoms with Gasteiger partial charge in [-0.05, 0) is 25.3 Å². The van der Waals surface area contributed by atoms with Gasteiger partial charge in [-0.3, -0.25) is 0 Å². The molecule has 0 aromatic rings. The Hall–Kier alpha value is -0.520. The number of hydrogen-bond donors (Lipinski definition) is 0. The Morgan fingerprint density at radius 2 is 2.08 bits per heavy atom. The zero-order valence-corrected chi connectivity index (χ0v) is 8.85. The molecule has 0 aromatic heterocycles. The summed E-state index contributed by atoms with van der Waals surface area (Å²) >= 11 is 0. The molecule has 0 amide bonds. The van der Waals surface area contributed by atoms with E-state index in [9.17, 15) is 0 Å². The van der Waals surface area contributed by atoms with Crippen LogP contribution in [0, 0.1) is 12.0 Å². The molecule has 0 aliphatic rings. The van der Waals surface area contributed by atoms with E-state index in [-0.39, 0.29) is 0 Å². The van der Waals surface area contributed by atoms with E-state index in [0.29, 0.717) is 5.92 Å². The maximum Gasteiger partial charge on any atom is -0.0225 e. The highest BCUT2D eigenvalue weighted by Gasteiger charge is 1.89. The van der Waals surface area contributed by atoms with Crippen molar-refractivity contribution in [2.24, 2.45) is 5.92 Å². The minimum absolute atomic E-state index is 0.663. The van der Waals surface area contributed by atoms with Gasteiger partial charge in [-0.2, -0.15) is 0 Å². The fourth-order valence-corrected chi connectivity index (χ4v) is 0.939. The fraction of sp³-hybridized carbons (Fsp3) is 0.667. The third kappa shape index (κ3) is 6.21. The predicted octanol–water partition coefficient (Wildman–Crippen LogP) is 4.14. The van der Waals surface area contributed by atoms with Crippen molar-refractivity contribution in [3.63, 3.8) is 0 Å². The molecule has 0 bridgehead atoms. The van der Waals surface area contributed by atoms with Gasteiger partial charge in [-0.1, -0.05) is 51.3 Å². The van der Waals surface area contributed by atoms with E-state index in [1.54, 1.807) is 0 Å². The van der Waals surface area contributed by atoms with E-state index < -0.39 is 0 Å². The predicted molar refractivity (Wildman–Crippen MR) is 55.9 cm³/mol. The van der Waals surface area contributed by atoms with E-state index in [1.165, 1.54) is 24.8 Å². The standard InChI is InChI=1S/C12H21/c1-5-8-12(4)10-7-9-11(3)6-2/h9-11H,5-6,8H2,1-4H3/b9-7?,12-10-. The number of allylic oxidation sites excluding steroid dienone is 4. The van der Waals surface area contributed by atoms with Gasteiger partial charge in [-0.15, -0.1) is 0 Å². The summed E-state index contributed by atoms with van der Waals surface area (Å²) in [5.74, 6) is 0.663. The molecule has 0 spiro atoms. The van der Waals surface area contributed by atoms with Gasteiger partial charge >= 0.3 is 0 Å². The Morgan fingerprint density at radius 1 is 1.42 bits per heavy atom. The molecule has 0 aliphatic carbocycles. The van der Waals surface area contributed by atoms with Gasteiger partial charge in [0.1, 0.15) is 0 Å². The molecule has 12 heavy (non-hydrogen) atoms. The molecule has 0 rings (SSSR count). The van der Waals surface area contributed by atoms with Crippen LogP contribution in [-0.4, -0.2) is 0 Å². The summed E-state index contributed by atoms with van der Waals surface area (Å²) < 4.78 is 0. The highest BCUT2D eigenvalue weighted by atomic mass is 13.9. The van der Waals surface area contributed by atoms with Crippen molar-refractivity contribution in [1.29, 1.82) is 0 Å². The van der Waals surface area contributed by atoms with Gasteiger partial charge in [0.15, 0.2) is 0 Å². The van der Waals surface area contributed by atoms with Crippen LogP contribution in [0.3, 0.4) is 0 Å². The van der Waals surface area contributed by atoms with Crippen LogP contribution < -0.4 is 0 Å². The molecule has 0 heteroatoms. The zero-order chi connectivity index (χ0) is 9.40. The van der Waals surface area contributed by atoms with E-state index in [2.05, 4.69) is 45.9 Å². The van der Waals surface area contributed by atoms with Crippen LogP contribution in [0.2, 0.25) is 0 Å². The average Bonchev–Trinajstić information content (AvgIpc) is 2.04. The summed E-state index contributed by atoms with van der Waals surface area (Å²) in [5.41, 5.74) is 1.43. The van der Waals surface area contributed by atoms with Crippen LogP contribution in [-0.2, 0) is 0 Å². The minimum Gasteiger partial charge on any atom is -0.0738 e. The third-order valence-corrected chi connectivity index (χ3v) is 2.00. The first kappa shape index (κ1) is 11.5. The maximum absolute atomic E-state index is 3.23. The van der Waals surface area contributed by atoms with Crippen LogP contribution in [0.4, 0.5) is 0 Å². The Balaban J connectivity index is 3.77. The number of rotatable bonds is 5. The molecule has 1 atom stereocenters. The molecule has 1 radical (unpaired) electrons. The topological polar surface area (TPSA) is 0 Å². The first-order valence-corrected chi connectivity index (χ1v) is 4.95. The normalized spacial score (nSPS) is 15.5. The third-order valence-electron chi connectivity index (χ3n) is 2.00. The van der Waals surface area contributed by atoms with E-state index in [1.807, 2.05) is 0 Å². The minimum atomic E-state index is 0.663.